The van der Waals surface area contributed by atoms with Crippen LogP contribution in [0.4, 0.5) is 5.82 Å². The van der Waals surface area contributed by atoms with Crippen LogP contribution in [0.5, 0.6) is 0 Å². The SMILES string of the molecule is OCC(CNc1ccc2nnc(-c3ccccc3)n2n1)Cc1ccccn1. The summed E-state index contributed by atoms with van der Waals surface area (Å²) in [5, 5.41) is 26.0. The molecule has 0 spiro atoms. The Kier molecular flexibility index (Phi) is 5.02. The number of hydrogen-bond acceptors (Lipinski definition) is 6. The fraction of sp³-hybridized carbons (Fsp3) is 0.200. The van der Waals surface area contributed by atoms with Crippen molar-refractivity contribution in [2.45, 2.75) is 6.42 Å². The quantitative estimate of drug-likeness (QED) is 0.526. The normalized spacial score (nSPS) is 12.2. The Hall–Kier alpha value is -3.32. The van der Waals surface area contributed by atoms with E-state index in [1.54, 1.807) is 10.7 Å². The van der Waals surface area contributed by atoms with E-state index in [-0.39, 0.29) is 12.5 Å². The Bertz CT molecular complexity index is 1000. The van der Waals surface area contributed by atoms with E-state index in [9.17, 15) is 5.11 Å². The number of pyridine rings is 1. The maximum Gasteiger partial charge on any atom is 0.185 e. The van der Waals surface area contributed by atoms with Gasteiger partial charge in [-0.2, -0.15) is 4.52 Å². The van der Waals surface area contributed by atoms with Crippen molar-refractivity contribution < 1.29 is 5.11 Å². The zero-order chi connectivity index (χ0) is 18.5. The van der Waals surface area contributed by atoms with Gasteiger partial charge in [-0.05, 0) is 30.7 Å². The smallest absolute Gasteiger partial charge is 0.185 e. The highest BCUT2D eigenvalue weighted by Gasteiger charge is 2.12. The van der Waals surface area contributed by atoms with Gasteiger partial charge in [-0.1, -0.05) is 36.4 Å². The minimum absolute atomic E-state index is 0.0481. The third-order valence-electron chi connectivity index (χ3n) is 4.35. The van der Waals surface area contributed by atoms with Gasteiger partial charge < -0.3 is 10.4 Å². The summed E-state index contributed by atoms with van der Waals surface area (Å²) in [6, 6.07) is 19.4. The third kappa shape index (κ3) is 3.93. The molecule has 0 aliphatic carbocycles. The topological polar surface area (TPSA) is 88.2 Å². The zero-order valence-electron chi connectivity index (χ0n) is 14.7. The number of aliphatic hydroxyl groups excluding tert-OH is 1. The number of fused-ring (bicyclic) bond motifs is 1. The van der Waals surface area contributed by atoms with Crippen LogP contribution in [0.3, 0.4) is 0 Å². The Balaban J connectivity index is 1.50. The summed E-state index contributed by atoms with van der Waals surface area (Å²) in [4.78, 5) is 4.33. The van der Waals surface area contributed by atoms with Crippen molar-refractivity contribution in [1.29, 1.82) is 0 Å². The van der Waals surface area contributed by atoms with Gasteiger partial charge in [0.2, 0.25) is 0 Å². The standard InChI is InChI=1S/C20H20N6O/c27-14-15(12-17-8-4-5-11-21-17)13-22-18-9-10-19-23-24-20(26(19)25-18)16-6-2-1-3-7-16/h1-11,15,27H,12-14H2,(H,22,25). The molecule has 0 saturated heterocycles. The minimum Gasteiger partial charge on any atom is -0.396 e. The molecule has 3 heterocycles. The van der Waals surface area contributed by atoms with Gasteiger partial charge in [0.15, 0.2) is 11.5 Å². The summed E-state index contributed by atoms with van der Waals surface area (Å²) in [5.41, 5.74) is 2.61. The number of aliphatic hydroxyl groups is 1. The van der Waals surface area contributed by atoms with Gasteiger partial charge in [-0.25, -0.2) is 0 Å². The lowest BCUT2D eigenvalue weighted by molar-refractivity contribution is 0.232. The van der Waals surface area contributed by atoms with Crippen LogP contribution < -0.4 is 5.32 Å². The van der Waals surface area contributed by atoms with Crippen LogP contribution in [0.15, 0.2) is 66.9 Å². The molecule has 4 rings (SSSR count). The Labute approximate surface area is 156 Å². The van der Waals surface area contributed by atoms with Gasteiger partial charge in [0.1, 0.15) is 5.82 Å². The maximum atomic E-state index is 9.68. The van der Waals surface area contributed by atoms with Crippen LogP contribution in [-0.2, 0) is 6.42 Å². The van der Waals surface area contributed by atoms with E-state index in [1.165, 1.54) is 0 Å². The van der Waals surface area contributed by atoms with Crippen molar-refractivity contribution in [1.82, 2.24) is 24.8 Å². The first-order chi connectivity index (χ1) is 13.3. The lowest BCUT2D eigenvalue weighted by Crippen LogP contribution is -2.21. The molecule has 0 fully saturated rings. The van der Waals surface area contributed by atoms with Crippen LogP contribution in [0.2, 0.25) is 0 Å². The predicted octanol–water partition coefficient (Wildman–Crippen LogP) is 2.45. The number of hydrogen-bond donors (Lipinski definition) is 2. The largest absolute Gasteiger partial charge is 0.396 e. The number of anilines is 1. The second-order valence-corrected chi connectivity index (χ2v) is 6.33. The minimum atomic E-state index is 0.0481. The van der Waals surface area contributed by atoms with Crippen molar-refractivity contribution >= 4 is 11.5 Å². The molecule has 0 amide bonds. The average molecular weight is 360 g/mol. The second kappa shape index (κ2) is 7.92. The number of nitrogens with one attached hydrogen (secondary N) is 1. The summed E-state index contributed by atoms with van der Waals surface area (Å²) in [7, 11) is 0. The van der Waals surface area contributed by atoms with E-state index in [2.05, 4.69) is 25.6 Å². The van der Waals surface area contributed by atoms with Gasteiger partial charge in [0, 0.05) is 36.5 Å². The Morgan fingerprint density at radius 2 is 1.81 bits per heavy atom. The van der Waals surface area contributed by atoms with E-state index in [0.29, 0.717) is 30.3 Å². The molecule has 136 valence electrons. The first-order valence-corrected chi connectivity index (χ1v) is 8.86. The fourth-order valence-corrected chi connectivity index (χ4v) is 2.92. The van der Waals surface area contributed by atoms with E-state index >= 15 is 0 Å². The van der Waals surface area contributed by atoms with Crippen LogP contribution >= 0.6 is 0 Å². The van der Waals surface area contributed by atoms with Gasteiger partial charge in [-0.3, -0.25) is 4.98 Å². The van der Waals surface area contributed by atoms with Gasteiger partial charge in [0.25, 0.3) is 0 Å². The van der Waals surface area contributed by atoms with Crippen LogP contribution in [-0.4, -0.2) is 43.1 Å². The summed E-state index contributed by atoms with van der Waals surface area (Å²) in [6.45, 7) is 0.669. The van der Waals surface area contributed by atoms with Crippen LogP contribution in [0.1, 0.15) is 5.69 Å². The molecule has 1 aromatic carbocycles. The monoisotopic (exact) mass is 360 g/mol. The van der Waals surface area contributed by atoms with Crippen molar-refractivity contribution in [3.8, 4) is 11.4 Å². The van der Waals surface area contributed by atoms with Gasteiger partial charge >= 0.3 is 0 Å². The summed E-state index contributed by atoms with van der Waals surface area (Å²) in [6.07, 6.45) is 2.47. The first-order valence-electron chi connectivity index (χ1n) is 8.86. The molecule has 27 heavy (non-hydrogen) atoms. The van der Waals surface area contributed by atoms with Crippen LogP contribution in [0.25, 0.3) is 17.0 Å². The summed E-state index contributed by atoms with van der Waals surface area (Å²) in [5.74, 6) is 1.45. The third-order valence-corrected chi connectivity index (χ3v) is 4.35. The molecule has 0 aliphatic rings. The molecule has 0 bridgehead atoms. The van der Waals surface area contributed by atoms with E-state index in [0.717, 1.165) is 11.3 Å². The predicted molar refractivity (Wildman–Crippen MR) is 103 cm³/mol. The highest BCUT2D eigenvalue weighted by atomic mass is 16.3. The molecule has 0 aliphatic heterocycles. The lowest BCUT2D eigenvalue weighted by Gasteiger charge is -2.15. The highest BCUT2D eigenvalue weighted by Crippen LogP contribution is 2.18. The Morgan fingerprint density at radius 1 is 0.963 bits per heavy atom. The van der Waals surface area contributed by atoms with Gasteiger partial charge in [0.05, 0.1) is 0 Å². The lowest BCUT2D eigenvalue weighted by atomic mass is 10.0. The van der Waals surface area contributed by atoms with Crippen molar-refractivity contribution in [3.63, 3.8) is 0 Å². The molecule has 7 heteroatoms. The summed E-state index contributed by atoms with van der Waals surface area (Å²) >= 11 is 0. The highest BCUT2D eigenvalue weighted by molar-refractivity contribution is 5.59. The number of nitrogens with zero attached hydrogens (tertiary/aromatic N) is 5. The molecule has 3 aromatic heterocycles. The molecular formula is C20H20N6O. The van der Waals surface area contributed by atoms with E-state index < -0.39 is 0 Å². The van der Waals surface area contributed by atoms with Crippen molar-refractivity contribution in [2.75, 3.05) is 18.5 Å². The van der Waals surface area contributed by atoms with Gasteiger partial charge in [-0.15, -0.1) is 15.3 Å². The molecule has 0 radical (unpaired) electrons. The van der Waals surface area contributed by atoms with Crippen molar-refractivity contribution in [3.05, 3.63) is 72.6 Å². The number of benzene rings is 1. The fourth-order valence-electron chi connectivity index (χ4n) is 2.92. The first kappa shape index (κ1) is 17.1. The van der Waals surface area contributed by atoms with E-state index in [1.807, 2.05) is 60.7 Å². The molecule has 1 atom stereocenters. The van der Waals surface area contributed by atoms with Crippen LogP contribution in [0, 0.1) is 5.92 Å². The van der Waals surface area contributed by atoms with Crippen molar-refractivity contribution in [2.24, 2.45) is 5.92 Å². The summed E-state index contributed by atoms with van der Waals surface area (Å²) < 4.78 is 1.73. The molecule has 7 nitrogen and oxygen atoms in total. The molecule has 2 N–H and O–H groups in total. The molecule has 1 unspecified atom stereocenters. The zero-order valence-corrected chi connectivity index (χ0v) is 14.7. The second-order valence-electron chi connectivity index (χ2n) is 6.33. The molecular weight excluding hydrogens is 340 g/mol. The number of aromatic nitrogens is 5. The maximum absolute atomic E-state index is 9.68. The average Bonchev–Trinajstić information content (AvgIpc) is 3.16. The Morgan fingerprint density at radius 3 is 2.59 bits per heavy atom. The molecule has 4 aromatic rings. The number of rotatable bonds is 7. The molecule has 0 saturated carbocycles. The van der Waals surface area contributed by atoms with E-state index in [4.69, 9.17) is 0 Å².